The summed E-state index contributed by atoms with van der Waals surface area (Å²) in [5, 5.41) is 2.28. The molecule has 0 bridgehead atoms. The lowest BCUT2D eigenvalue weighted by Gasteiger charge is -2.19. The maximum Gasteiger partial charge on any atom is 0.145 e. The molecule has 0 unspecified atom stereocenters. The fraction of sp³-hybridized carbons (Fsp3) is 0.500. The van der Waals surface area contributed by atoms with Gasteiger partial charge in [0.05, 0.1) is 17.1 Å². The van der Waals surface area contributed by atoms with E-state index < -0.39 is 8.07 Å². The van der Waals surface area contributed by atoms with Crippen LogP contribution in [0, 0.1) is 0 Å². The van der Waals surface area contributed by atoms with E-state index in [-0.39, 0.29) is 0 Å². The molecule has 0 aromatic carbocycles. The predicted octanol–water partition coefficient (Wildman–Crippen LogP) is 4.08. The van der Waals surface area contributed by atoms with E-state index >= 15 is 0 Å². The van der Waals surface area contributed by atoms with Gasteiger partial charge < -0.3 is 15.4 Å². The van der Waals surface area contributed by atoms with Gasteiger partial charge >= 0.3 is 0 Å². The molecule has 4 heterocycles. The molecule has 1 aliphatic rings. The molecule has 0 aliphatic carbocycles. The molecule has 6 nitrogen and oxygen atoms in total. The van der Waals surface area contributed by atoms with Crippen molar-refractivity contribution in [2.75, 3.05) is 30.3 Å². The smallest absolute Gasteiger partial charge is 0.145 e. The Hall–Kier alpha value is -2.12. The average Bonchev–Trinajstić information content (AvgIpc) is 3.24. The summed E-state index contributed by atoms with van der Waals surface area (Å²) in [4.78, 5) is 11.5. The van der Waals surface area contributed by atoms with Crippen molar-refractivity contribution in [3.8, 4) is 0 Å². The fourth-order valence-electron chi connectivity index (χ4n) is 3.78. The van der Waals surface area contributed by atoms with Gasteiger partial charge in [0.25, 0.3) is 0 Å². The van der Waals surface area contributed by atoms with E-state index in [9.17, 15) is 0 Å². The summed E-state index contributed by atoms with van der Waals surface area (Å²) < 4.78 is 8.19. The Labute approximate surface area is 161 Å². The number of fused-ring (bicyclic) bond motifs is 3. The Morgan fingerprint density at radius 3 is 2.70 bits per heavy atom. The molecule has 3 aromatic heterocycles. The van der Waals surface area contributed by atoms with Crippen LogP contribution >= 0.6 is 0 Å². The average molecular weight is 384 g/mol. The molecule has 144 valence electrons. The molecule has 4 rings (SSSR count). The molecule has 0 radical (unpaired) electrons. The third-order valence-electron chi connectivity index (χ3n) is 5.29. The number of nitrogens with two attached hydrogens (primary N) is 1. The van der Waals surface area contributed by atoms with Crippen LogP contribution in [0.2, 0.25) is 25.7 Å². The summed E-state index contributed by atoms with van der Waals surface area (Å²) in [5.74, 6) is 0.539. The summed E-state index contributed by atoms with van der Waals surface area (Å²) in [6, 6.07) is 5.25. The first-order valence-electron chi connectivity index (χ1n) is 9.79. The van der Waals surface area contributed by atoms with Gasteiger partial charge in [0.15, 0.2) is 0 Å². The molecular weight excluding hydrogens is 354 g/mol. The van der Waals surface area contributed by atoms with Gasteiger partial charge in [0, 0.05) is 45.0 Å². The van der Waals surface area contributed by atoms with Crippen LogP contribution in [0.4, 0.5) is 11.5 Å². The summed E-state index contributed by atoms with van der Waals surface area (Å²) >= 11 is 0. The lowest BCUT2D eigenvalue weighted by molar-refractivity contribution is 0.0925. The van der Waals surface area contributed by atoms with Crippen LogP contribution in [0.1, 0.15) is 12.8 Å². The van der Waals surface area contributed by atoms with E-state index in [1.54, 1.807) is 0 Å². The minimum Gasteiger partial charge on any atom is -0.384 e. The highest BCUT2D eigenvalue weighted by Gasteiger charge is 2.21. The van der Waals surface area contributed by atoms with Crippen LogP contribution in [-0.4, -0.2) is 42.3 Å². The third kappa shape index (κ3) is 3.66. The second kappa shape index (κ2) is 7.13. The van der Waals surface area contributed by atoms with Crippen molar-refractivity contribution in [1.82, 2.24) is 14.5 Å². The Kier molecular flexibility index (Phi) is 4.82. The zero-order chi connectivity index (χ0) is 19.0. The van der Waals surface area contributed by atoms with Crippen LogP contribution in [0.25, 0.3) is 21.9 Å². The number of rotatable bonds is 6. The number of hydrogen-bond acceptors (Lipinski definition) is 5. The second-order valence-electron chi connectivity index (χ2n) is 8.63. The number of pyridine rings is 2. The maximum atomic E-state index is 6.05. The van der Waals surface area contributed by atoms with E-state index in [1.807, 2.05) is 18.5 Å². The summed E-state index contributed by atoms with van der Waals surface area (Å²) in [6.07, 6.45) is 6.24. The maximum absolute atomic E-state index is 6.05. The van der Waals surface area contributed by atoms with Gasteiger partial charge in [0.1, 0.15) is 18.2 Å². The monoisotopic (exact) mass is 383 g/mol. The normalized spacial score (nSPS) is 15.3. The molecule has 0 amide bonds. The highest BCUT2D eigenvalue weighted by atomic mass is 28.3. The summed E-state index contributed by atoms with van der Waals surface area (Å²) in [5.41, 5.74) is 9.25. The van der Waals surface area contributed by atoms with E-state index in [1.165, 1.54) is 18.5 Å². The van der Waals surface area contributed by atoms with Gasteiger partial charge in [-0.15, -0.1) is 0 Å². The highest BCUT2D eigenvalue weighted by Crippen LogP contribution is 2.36. The van der Waals surface area contributed by atoms with Crippen molar-refractivity contribution in [3.05, 3.63) is 24.5 Å². The molecule has 7 heteroatoms. The molecule has 0 atom stereocenters. The Morgan fingerprint density at radius 1 is 1.19 bits per heavy atom. The zero-order valence-electron chi connectivity index (χ0n) is 16.5. The van der Waals surface area contributed by atoms with Crippen LogP contribution < -0.4 is 10.6 Å². The van der Waals surface area contributed by atoms with Gasteiger partial charge in [-0.25, -0.2) is 9.97 Å². The van der Waals surface area contributed by atoms with E-state index in [2.05, 4.69) is 40.2 Å². The van der Waals surface area contributed by atoms with Gasteiger partial charge in [0.2, 0.25) is 0 Å². The van der Waals surface area contributed by atoms with Crippen LogP contribution in [-0.2, 0) is 11.5 Å². The molecule has 1 saturated heterocycles. The molecule has 2 N–H and O–H groups in total. The highest BCUT2D eigenvalue weighted by molar-refractivity contribution is 6.76. The Balaban J connectivity index is 1.76. The first-order chi connectivity index (χ1) is 12.9. The van der Waals surface area contributed by atoms with Crippen molar-refractivity contribution >= 4 is 41.5 Å². The van der Waals surface area contributed by atoms with Gasteiger partial charge in [-0.05, 0) is 31.0 Å². The zero-order valence-corrected chi connectivity index (χ0v) is 17.5. The van der Waals surface area contributed by atoms with Crippen molar-refractivity contribution < 1.29 is 4.74 Å². The number of nitrogen functional groups attached to an aromatic ring is 1. The SMILES string of the molecule is C[Si](C)(C)CCOCn1c2cnc(N)cc2c2c(N3CCCC3)ccnc21. The first kappa shape index (κ1) is 18.2. The lowest BCUT2D eigenvalue weighted by Crippen LogP contribution is -2.22. The summed E-state index contributed by atoms with van der Waals surface area (Å²) in [6.45, 7) is 10.6. The largest absolute Gasteiger partial charge is 0.384 e. The van der Waals surface area contributed by atoms with Gasteiger partial charge in [-0.1, -0.05) is 19.6 Å². The minimum atomic E-state index is -1.11. The van der Waals surface area contributed by atoms with Gasteiger partial charge in [-0.3, -0.25) is 4.57 Å². The predicted molar refractivity (Wildman–Crippen MR) is 115 cm³/mol. The topological polar surface area (TPSA) is 69.2 Å². The number of ether oxygens (including phenoxy) is 1. The van der Waals surface area contributed by atoms with E-state index in [0.29, 0.717) is 12.5 Å². The molecule has 0 saturated carbocycles. The molecule has 1 fully saturated rings. The minimum absolute atomic E-state index is 0.493. The van der Waals surface area contributed by atoms with Crippen LogP contribution in [0.3, 0.4) is 0 Å². The van der Waals surface area contributed by atoms with Crippen LogP contribution in [0.15, 0.2) is 24.5 Å². The van der Waals surface area contributed by atoms with E-state index in [4.69, 9.17) is 15.5 Å². The number of aromatic nitrogens is 3. The number of anilines is 2. The van der Waals surface area contributed by atoms with Crippen molar-refractivity contribution in [2.45, 2.75) is 45.3 Å². The second-order valence-corrected chi connectivity index (χ2v) is 14.2. The van der Waals surface area contributed by atoms with Gasteiger partial charge in [-0.2, -0.15) is 0 Å². The fourth-order valence-corrected chi connectivity index (χ4v) is 4.54. The molecule has 27 heavy (non-hydrogen) atoms. The Bertz CT molecular complexity index is 956. The van der Waals surface area contributed by atoms with E-state index in [0.717, 1.165) is 47.7 Å². The first-order valence-corrected chi connectivity index (χ1v) is 13.5. The third-order valence-corrected chi connectivity index (χ3v) is 7.00. The number of nitrogens with zero attached hydrogens (tertiary/aromatic N) is 4. The quantitative estimate of drug-likeness (QED) is 0.513. The molecular formula is C20H29N5OSi. The van der Waals surface area contributed by atoms with Crippen molar-refractivity contribution in [3.63, 3.8) is 0 Å². The summed E-state index contributed by atoms with van der Waals surface area (Å²) in [7, 11) is -1.11. The molecule has 0 spiro atoms. The standard InChI is InChI=1S/C20H29N5OSi/c1-27(2,3)11-10-26-14-25-17-13-23-18(21)12-15(17)19-16(6-7-22-20(19)25)24-8-4-5-9-24/h6-7,12-13H,4-5,8-11,14H2,1-3H3,(H2,21,23). The lowest BCUT2D eigenvalue weighted by atomic mass is 10.2. The Morgan fingerprint density at radius 2 is 1.96 bits per heavy atom. The van der Waals surface area contributed by atoms with Crippen molar-refractivity contribution in [1.29, 1.82) is 0 Å². The number of hydrogen-bond donors (Lipinski definition) is 1. The molecule has 3 aromatic rings. The van der Waals surface area contributed by atoms with Crippen LogP contribution in [0.5, 0.6) is 0 Å². The molecule has 1 aliphatic heterocycles. The van der Waals surface area contributed by atoms with Crippen molar-refractivity contribution in [2.24, 2.45) is 0 Å².